The lowest BCUT2D eigenvalue weighted by molar-refractivity contribution is -0.188. The van der Waals surface area contributed by atoms with Crippen LogP contribution in [-0.4, -0.2) is 135 Å². The van der Waals surface area contributed by atoms with E-state index in [4.69, 9.17) is 9.47 Å². The summed E-state index contributed by atoms with van der Waals surface area (Å²) >= 11 is 1.38. The van der Waals surface area contributed by atoms with Crippen LogP contribution in [0, 0.1) is 5.92 Å². The second-order valence-corrected chi connectivity index (χ2v) is 11.9. The van der Waals surface area contributed by atoms with E-state index in [1.165, 1.54) is 30.7 Å². The van der Waals surface area contributed by atoms with Crippen LogP contribution in [0.25, 0.3) is 0 Å². The number of hydrogen-bond donors (Lipinski definition) is 1. The summed E-state index contributed by atoms with van der Waals surface area (Å²) in [7, 11) is 4.45. The maximum absolute atomic E-state index is 6.81. The zero-order chi connectivity index (χ0) is 24.9. The lowest BCUT2D eigenvalue weighted by Gasteiger charge is -2.46. The van der Waals surface area contributed by atoms with Gasteiger partial charge >= 0.3 is 0 Å². The van der Waals surface area contributed by atoms with Crippen molar-refractivity contribution in [2.45, 2.75) is 77.8 Å². The van der Waals surface area contributed by atoms with Crippen molar-refractivity contribution in [1.29, 1.82) is 0 Å². The summed E-state index contributed by atoms with van der Waals surface area (Å²) in [5, 5.41) is 2.38. The van der Waals surface area contributed by atoms with Crippen LogP contribution in [-0.2, 0) is 9.47 Å². The van der Waals surface area contributed by atoms with Crippen molar-refractivity contribution in [3.8, 4) is 0 Å². The molecule has 6 nitrogen and oxygen atoms in total. The van der Waals surface area contributed by atoms with Crippen LogP contribution in [0.3, 0.4) is 0 Å². The van der Waals surface area contributed by atoms with Gasteiger partial charge in [0.15, 0.2) is 0 Å². The van der Waals surface area contributed by atoms with Crippen molar-refractivity contribution in [1.82, 2.24) is 19.6 Å². The van der Waals surface area contributed by atoms with Crippen LogP contribution in [0.5, 0.6) is 0 Å². The molecule has 0 spiro atoms. The van der Waals surface area contributed by atoms with Crippen molar-refractivity contribution in [3.05, 3.63) is 0 Å². The SMILES string of the molecule is CCCCN1CC(C2CN(CC/C=[SH]/C)C[C@@H](CN(C)CC(C)C)O2)O[C@@H](CCN(C)CC)C1. The molecule has 0 saturated carbocycles. The Morgan fingerprint density at radius 3 is 2.21 bits per heavy atom. The molecular weight excluding hydrogens is 444 g/mol. The Kier molecular flexibility index (Phi) is 14.8. The van der Waals surface area contributed by atoms with E-state index in [2.05, 4.69) is 73.0 Å². The molecule has 2 heterocycles. The number of hydrogen-bond acceptors (Lipinski definition) is 6. The van der Waals surface area contributed by atoms with Gasteiger partial charge in [-0.1, -0.05) is 39.5 Å². The number of likely N-dealkylation sites (N-methyl/N-ethyl adjacent to an activating group) is 1. The Balaban J connectivity index is 2.08. The number of ether oxygens (including phenoxy) is 2. The van der Waals surface area contributed by atoms with Gasteiger partial charge in [0.1, 0.15) is 0 Å². The first-order valence-electron chi connectivity index (χ1n) is 13.9. The zero-order valence-corrected chi connectivity index (χ0v) is 24.3. The van der Waals surface area contributed by atoms with E-state index >= 15 is 0 Å². The highest BCUT2D eigenvalue weighted by Gasteiger charge is 2.38. The van der Waals surface area contributed by atoms with Gasteiger partial charge < -0.3 is 19.3 Å². The highest BCUT2D eigenvalue weighted by Crippen LogP contribution is 2.24. The van der Waals surface area contributed by atoms with E-state index in [1.54, 1.807) is 0 Å². The van der Waals surface area contributed by atoms with Crippen LogP contribution >= 0.6 is 11.4 Å². The fraction of sp³-hybridized carbons (Fsp3) is 0.963. The topological polar surface area (TPSA) is 31.4 Å². The zero-order valence-electron chi connectivity index (χ0n) is 23.4. The quantitative estimate of drug-likeness (QED) is 0.275. The average molecular weight is 501 g/mol. The summed E-state index contributed by atoms with van der Waals surface area (Å²) in [5.74, 6) is 0.675. The number of nitrogens with zero attached hydrogens (tertiary/aromatic N) is 4. The molecule has 34 heavy (non-hydrogen) atoms. The van der Waals surface area contributed by atoms with Gasteiger partial charge in [-0.2, -0.15) is 0 Å². The van der Waals surface area contributed by atoms with Crippen LogP contribution in [0.2, 0.25) is 0 Å². The summed E-state index contributed by atoms with van der Waals surface area (Å²) < 4.78 is 13.6. The predicted molar refractivity (Wildman–Crippen MR) is 151 cm³/mol. The molecule has 0 bridgehead atoms. The molecule has 7 heteroatoms. The third-order valence-electron chi connectivity index (χ3n) is 7.10. The van der Waals surface area contributed by atoms with Gasteiger partial charge in [0.25, 0.3) is 0 Å². The molecule has 2 aliphatic rings. The van der Waals surface area contributed by atoms with Gasteiger partial charge in [-0.05, 0) is 58.6 Å². The maximum atomic E-state index is 6.81. The molecule has 0 aromatic heterocycles. The van der Waals surface area contributed by atoms with E-state index in [-0.39, 0.29) is 18.3 Å². The molecule has 0 aliphatic carbocycles. The molecule has 2 saturated heterocycles. The highest BCUT2D eigenvalue weighted by molar-refractivity contribution is 7.96. The monoisotopic (exact) mass is 500 g/mol. The van der Waals surface area contributed by atoms with Crippen molar-refractivity contribution in [3.63, 3.8) is 0 Å². The Morgan fingerprint density at radius 2 is 1.59 bits per heavy atom. The van der Waals surface area contributed by atoms with E-state index in [0.717, 1.165) is 71.7 Å². The number of rotatable bonds is 15. The molecule has 4 atom stereocenters. The first-order valence-corrected chi connectivity index (χ1v) is 15.3. The summed E-state index contributed by atoms with van der Waals surface area (Å²) in [5.41, 5.74) is 0. The second-order valence-electron chi connectivity index (χ2n) is 11.0. The molecule has 2 aliphatic heterocycles. The first kappa shape index (κ1) is 30.2. The van der Waals surface area contributed by atoms with Gasteiger partial charge in [-0.15, -0.1) is 0 Å². The Morgan fingerprint density at radius 1 is 0.941 bits per heavy atom. The third-order valence-corrected chi connectivity index (χ3v) is 7.72. The van der Waals surface area contributed by atoms with E-state index in [9.17, 15) is 0 Å². The first-order chi connectivity index (χ1) is 16.3. The van der Waals surface area contributed by atoms with Gasteiger partial charge in [-0.25, -0.2) is 11.4 Å². The largest absolute Gasteiger partial charge is 0.370 e. The lowest BCUT2D eigenvalue weighted by Crippen LogP contribution is -2.60. The van der Waals surface area contributed by atoms with Crippen LogP contribution in [0.1, 0.15) is 53.4 Å². The predicted octanol–water partition coefficient (Wildman–Crippen LogP) is 3.14. The molecule has 2 rings (SSSR count). The van der Waals surface area contributed by atoms with Gasteiger partial charge in [0.05, 0.1) is 24.4 Å². The minimum absolute atomic E-state index is 0.154. The second kappa shape index (κ2) is 16.7. The summed E-state index contributed by atoms with van der Waals surface area (Å²) in [6.07, 6.45) is 7.85. The average Bonchev–Trinajstić information content (AvgIpc) is 2.80. The van der Waals surface area contributed by atoms with Crippen LogP contribution in [0.4, 0.5) is 0 Å². The molecule has 2 unspecified atom stereocenters. The highest BCUT2D eigenvalue weighted by atomic mass is 32.1. The molecule has 2 fully saturated rings. The standard InChI is InChI=1S/C27H56N4O2S/c1-8-10-13-30-19-24(12-15-28(5)9-2)32-26(21-30)27-22-31(14-11-16-34-7)20-25(33-27)18-29(6)17-23(3)4/h16,23-27,34H,8-15,17-22H2,1-7H3/t24-,25+,26?,27?/m0/s1. The number of unbranched alkanes of at least 4 members (excludes halogenated alkanes) is 1. The molecular formula is C27H56N4O2S. The third kappa shape index (κ3) is 11.4. The van der Waals surface area contributed by atoms with Crippen molar-refractivity contribution in [2.75, 3.05) is 85.8 Å². The fourth-order valence-corrected chi connectivity index (χ4v) is 5.63. The molecule has 202 valence electrons. The summed E-state index contributed by atoms with van der Waals surface area (Å²) in [4.78, 5) is 10.1. The van der Waals surface area contributed by atoms with E-state index < -0.39 is 0 Å². The minimum Gasteiger partial charge on any atom is -0.370 e. The number of morpholine rings is 2. The summed E-state index contributed by atoms with van der Waals surface area (Å²) in [6, 6.07) is 0. The van der Waals surface area contributed by atoms with E-state index in [1.807, 2.05) is 0 Å². The van der Waals surface area contributed by atoms with Crippen LogP contribution in [0.15, 0.2) is 0 Å². The van der Waals surface area contributed by atoms with Gasteiger partial charge in [0.2, 0.25) is 0 Å². The Bertz CT molecular complexity index is 565. The smallest absolute Gasteiger partial charge is 0.0981 e. The Labute approximate surface area is 215 Å². The molecule has 0 N–H and O–H groups in total. The molecule has 0 radical (unpaired) electrons. The molecule has 0 aromatic carbocycles. The Hall–Kier alpha value is -0.0200. The lowest BCUT2D eigenvalue weighted by atomic mass is 10.0. The van der Waals surface area contributed by atoms with Crippen LogP contribution < -0.4 is 0 Å². The fourth-order valence-electron chi connectivity index (χ4n) is 5.26. The van der Waals surface area contributed by atoms with E-state index in [0.29, 0.717) is 12.0 Å². The molecule has 0 amide bonds. The van der Waals surface area contributed by atoms with Gasteiger partial charge in [0, 0.05) is 52.4 Å². The number of thiol groups is 1. The van der Waals surface area contributed by atoms with Crippen molar-refractivity contribution < 1.29 is 9.47 Å². The van der Waals surface area contributed by atoms with Gasteiger partial charge in [-0.3, -0.25) is 9.80 Å². The maximum Gasteiger partial charge on any atom is 0.0981 e. The van der Waals surface area contributed by atoms with Crippen molar-refractivity contribution >= 4 is 16.7 Å². The van der Waals surface area contributed by atoms with Crippen molar-refractivity contribution in [2.24, 2.45) is 5.92 Å². The molecule has 0 aromatic rings. The normalized spacial score (nSPS) is 27.8. The minimum atomic E-state index is 0.154. The summed E-state index contributed by atoms with van der Waals surface area (Å²) in [6.45, 7) is 19.8.